The number of ether oxygens (including phenoxy) is 1. The number of aryl methyl sites for hydroxylation is 2. The van der Waals surface area contributed by atoms with Crippen LogP contribution in [-0.4, -0.2) is 31.0 Å². The van der Waals surface area contributed by atoms with Crippen LogP contribution in [0, 0.1) is 13.8 Å². The molecule has 0 aliphatic carbocycles. The molecule has 2 aromatic carbocycles. The molecule has 3 nitrogen and oxygen atoms in total. The summed E-state index contributed by atoms with van der Waals surface area (Å²) in [6, 6.07) is 13.9. The monoisotopic (exact) mass is 373 g/mol. The van der Waals surface area contributed by atoms with Gasteiger partial charge in [-0.05, 0) is 43.2 Å². The molecule has 0 N–H and O–H groups in total. The first kappa shape index (κ1) is 17.8. The number of benzene rings is 2. The van der Waals surface area contributed by atoms with E-state index in [1.165, 1.54) is 11.3 Å². The van der Waals surface area contributed by atoms with E-state index in [0.29, 0.717) is 23.1 Å². The zero-order chi connectivity index (χ0) is 18.0. The SMILES string of the molecule is Cc1cc(C)cc(OCCN(C)C(=O)c2sc3ccccc3c2Cl)c1. The number of carbonyl (C=O) groups excluding carboxylic acids is 1. The Morgan fingerprint density at radius 1 is 1.16 bits per heavy atom. The van der Waals surface area contributed by atoms with Gasteiger partial charge in [0.05, 0.1) is 11.6 Å². The van der Waals surface area contributed by atoms with Gasteiger partial charge < -0.3 is 9.64 Å². The fourth-order valence-corrected chi connectivity index (χ4v) is 4.25. The number of nitrogens with zero attached hydrogens (tertiary/aromatic N) is 1. The fourth-order valence-electron chi connectivity index (χ4n) is 2.74. The van der Waals surface area contributed by atoms with Gasteiger partial charge in [-0.25, -0.2) is 0 Å². The summed E-state index contributed by atoms with van der Waals surface area (Å²) in [5, 5.41) is 1.46. The summed E-state index contributed by atoms with van der Waals surface area (Å²) < 4.78 is 6.81. The molecule has 3 rings (SSSR count). The van der Waals surface area contributed by atoms with Crippen molar-refractivity contribution in [3.8, 4) is 5.75 Å². The van der Waals surface area contributed by atoms with Crippen LogP contribution in [0.15, 0.2) is 42.5 Å². The van der Waals surface area contributed by atoms with Crippen LogP contribution in [0.1, 0.15) is 20.8 Å². The summed E-state index contributed by atoms with van der Waals surface area (Å²) in [5.74, 6) is 0.758. The molecule has 1 heterocycles. The van der Waals surface area contributed by atoms with Crippen molar-refractivity contribution in [2.45, 2.75) is 13.8 Å². The van der Waals surface area contributed by atoms with Gasteiger partial charge in [-0.2, -0.15) is 0 Å². The smallest absolute Gasteiger partial charge is 0.265 e. The van der Waals surface area contributed by atoms with E-state index in [2.05, 4.69) is 6.07 Å². The van der Waals surface area contributed by atoms with Gasteiger partial charge in [0.2, 0.25) is 0 Å². The van der Waals surface area contributed by atoms with E-state index in [1.807, 2.05) is 50.2 Å². The van der Waals surface area contributed by atoms with E-state index in [1.54, 1.807) is 11.9 Å². The second kappa shape index (κ2) is 7.46. The Balaban J connectivity index is 1.65. The number of likely N-dealkylation sites (N-methyl/N-ethyl adjacent to an activating group) is 1. The fraction of sp³-hybridized carbons (Fsp3) is 0.250. The molecule has 25 heavy (non-hydrogen) atoms. The summed E-state index contributed by atoms with van der Waals surface area (Å²) in [6.45, 7) is 5.02. The van der Waals surface area contributed by atoms with Crippen LogP contribution in [0.4, 0.5) is 0 Å². The average Bonchev–Trinajstić information content (AvgIpc) is 2.90. The number of carbonyl (C=O) groups is 1. The van der Waals surface area contributed by atoms with Crippen LogP contribution < -0.4 is 4.74 Å². The van der Waals surface area contributed by atoms with E-state index >= 15 is 0 Å². The van der Waals surface area contributed by atoms with Crippen LogP contribution in [0.5, 0.6) is 5.75 Å². The van der Waals surface area contributed by atoms with Crippen molar-refractivity contribution in [2.75, 3.05) is 20.2 Å². The number of halogens is 1. The molecule has 5 heteroatoms. The Hall–Kier alpha value is -2.04. The van der Waals surface area contributed by atoms with Gasteiger partial charge in [0.1, 0.15) is 17.2 Å². The van der Waals surface area contributed by atoms with Crippen molar-refractivity contribution in [2.24, 2.45) is 0 Å². The zero-order valence-electron chi connectivity index (χ0n) is 14.5. The van der Waals surface area contributed by atoms with Crippen LogP contribution in [-0.2, 0) is 0 Å². The Morgan fingerprint density at radius 3 is 2.52 bits per heavy atom. The molecule has 0 unspecified atom stereocenters. The van der Waals surface area contributed by atoms with Crippen LogP contribution >= 0.6 is 22.9 Å². The molecule has 0 saturated heterocycles. The Labute approximate surface area is 156 Å². The number of hydrogen-bond acceptors (Lipinski definition) is 3. The maximum atomic E-state index is 12.7. The molecule has 0 spiro atoms. The molecule has 0 bridgehead atoms. The highest BCUT2D eigenvalue weighted by Crippen LogP contribution is 2.35. The summed E-state index contributed by atoms with van der Waals surface area (Å²) in [7, 11) is 1.77. The molecule has 0 aliphatic rings. The number of fused-ring (bicyclic) bond motifs is 1. The van der Waals surface area contributed by atoms with E-state index in [-0.39, 0.29) is 5.91 Å². The van der Waals surface area contributed by atoms with Crippen molar-refractivity contribution in [1.29, 1.82) is 0 Å². The number of hydrogen-bond donors (Lipinski definition) is 0. The molecule has 0 atom stereocenters. The van der Waals surface area contributed by atoms with Gasteiger partial charge in [0.15, 0.2) is 0 Å². The Kier molecular flexibility index (Phi) is 5.30. The third kappa shape index (κ3) is 3.97. The minimum absolute atomic E-state index is 0.0739. The van der Waals surface area contributed by atoms with Crippen molar-refractivity contribution in [1.82, 2.24) is 4.90 Å². The predicted molar refractivity (Wildman–Crippen MR) is 105 cm³/mol. The van der Waals surface area contributed by atoms with Gasteiger partial charge in [-0.15, -0.1) is 11.3 Å². The van der Waals surface area contributed by atoms with E-state index in [4.69, 9.17) is 16.3 Å². The first-order chi connectivity index (χ1) is 12.0. The van der Waals surface area contributed by atoms with Gasteiger partial charge in [-0.1, -0.05) is 35.9 Å². The van der Waals surface area contributed by atoms with E-state index in [9.17, 15) is 4.79 Å². The topological polar surface area (TPSA) is 29.5 Å². The highest BCUT2D eigenvalue weighted by Gasteiger charge is 2.20. The summed E-state index contributed by atoms with van der Waals surface area (Å²) >= 11 is 7.82. The lowest BCUT2D eigenvalue weighted by atomic mass is 10.1. The molecule has 0 saturated carbocycles. The molecule has 0 aliphatic heterocycles. The van der Waals surface area contributed by atoms with Crippen molar-refractivity contribution in [3.05, 3.63) is 63.5 Å². The molecular weight excluding hydrogens is 354 g/mol. The number of rotatable bonds is 5. The lowest BCUT2D eigenvalue weighted by Gasteiger charge is -2.17. The van der Waals surface area contributed by atoms with Crippen LogP contribution in [0.3, 0.4) is 0 Å². The lowest BCUT2D eigenvalue weighted by Crippen LogP contribution is -2.30. The lowest BCUT2D eigenvalue weighted by molar-refractivity contribution is 0.0778. The molecule has 0 radical (unpaired) electrons. The number of amides is 1. The third-order valence-corrected chi connectivity index (χ3v) is 5.63. The Morgan fingerprint density at radius 2 is 1.84 bits per heavy atom. The second-order valence-corrected chi connectivity index (χ2v) is 7.57. The van der Waals surface area contributed by atoms with Gasteiger partial charge >= 0.3 is 0 Å². The molecule has 3 aromatic rings. The predicted octanol–water partition coefficient (Wildman–Crippen LogP) is 5.32. The molecule has 1 aromatic heterocycles. The molecule has 0 fully saturated rings. The average molecular weight is 374 g/mol. The second-order valence-electron chi connectivity index (χ2n) is 6.14. The molecular formula is C20H20ClNO2S. The van der Waals surface area contributed by atoms with E-state index in [0.717, 1.165) is 27.0 Å². The normalized spacial score (nSPS) is 10.9. The van der Waals surface area contributed by atoms with E-state index < -0.39 is 0 Å². The standard InChI is InChI=1S/C20H20ClNO2S/c1-13-10-14(2)12-15(11-13)24-9-8-22(3)20(23)19-18(21)16-6-4-5-7-17(16)25-19/h4-7,10-12H,8-9H2,1-3H3. The van der Waals surface area contributed by atoms with Crippen molar-refractivity contribution < 1.29 is 9.53 Å². The third-order valence-electron chi connectivity index (χ3n) is 3.97. The zero-order valence-corrected chi connectivity index (χ0v) is 16.1. The van der Waals surface area contributed by atoms with Gasteiger partial charge in [-0.3, -0.25) is 4.79 Å². The summed E-state index contributed by atoms with van der Waals surface area (Å²) in [6.07, 6.45) is 0. The quantitative estimate of drug-likeness (QED) is 0.605. The highest BCUT2D eigenvalue weighted by molar-refractivity contribution is 7.21. The first-order valence-corrected chi connectivity index (χ1v) is 9.29. The molecule has 130 valence electrons. The highest BCUT2D eigenvalue weighted by atomic mass is 35.5. The van der Waals surface area contributed by atoms with Gasteiger partial charge in [0, 0.05) is 17.1 Å². The largest absolute Gasteiger partial charge is 0.492 e. The van der Waals surface area contributed by atoms with Crippen LogP contribution in [0.2, 0.25) is 5.02 Å². The first-order valence-electron chi connectivity index (χ1n) is 8.09. The van der Waals surface area contributed by atoms with Crippen molar-refractivity contribution >= 4 is 38.9 Å². The Bertz CT molecular complexity index is 899. The van der Waals surface area contributed by atoms with Gasteiger partial charge in [0.25, 0.3) is 5.91 Å². The molecule has 1 amide bonds. The summed E-state index contributed by atoms with van der Waals surface area (Å²) in [4.78, 5) is 14.9. The maximum absolute atomic E-state index is 12.7. The summed E-state index contributed by atoms with van der Waals surface area (Å²) in [5.41, 5.74) is 2.33. The minimum Gasteiger partial charge on any atom is -0.492 e. The van der Waals surface area contributed by atoms with Crippen LogP contribution in [0.25, 0.3) is 10.1 Å². The maximum Gasteiger partial charge on any atom is 0.265 e. The minimum atomic E-state index is -0.0739. The van der Waals surface area contributed by atoms with Crippen molar-refractivity contribution in [3.63, 3.8) is 0 Å². The number of thiophene rings is 1.